The van der Waals surface area contributed by atoms with Gasteiger partial charge in [0.05, 0.1) is 0 Å². The van der Waals surface area contributed by atoms with Gasteiger partial charge in [0.25, 0.3) is 0 Å². The third-order valence-electron chi connectivity index (χ3n) is 3.53. The van der Waals surface area contributed by atoms with Crippen molar-refractivity contribution < 1.29 is 9.47 Å². The van der Waals surface area contributed by atoms with E-state index in [4.69, 9.17) is 9.47 Å². The third-order valence-corrected chi connectivity index (χ3v) is 3.53. The van der Waals surface area contributed by atoms with Crippen LogP contribution in [0.4, 0.5) is 0 Å². The Kier molecular flexibility index (Phi) is 2.48. The number of rotatable bonds is 2. The Labute approximate surface area is 95.8 Å². The summed E-state index contributed by atoms with van der Waals surface area (Å²) >= 11 is 0. The summed E-state index contributed by atoms with van der Waals surface area (Å²) in [5, 5.41) is 3.53. The zero-order valence-electron chi connectivity index (χ0n) is 9.58. The second-order valence-corrected chi connectivity index (χ2v) is 4.58. The lowest BCUT2D eigenvalue weighted by atomic mass is 9.99. The third kappa shape index (κ3) is 1.65. The van der Waals surface area contributed by atoms with E-state index in [1.54, 1.807) is 0 Å². The van der Waals surface area contributed by atoms with Crippen LogP contribution in [0.15, 0.2) is 12.1 Å². The van der Waals surface area contributed by atoms with Crippen LogP contribution < -0.4 is 14.8 Å². The van der Waals surface area contributed by atoms with Crippen LogP contribution in [0.25, 0.3) is 0 Å². The molecule has 0 radical (unpaired) electrons. The maximum Gasteiger partial charge on any atom is 0.231 e. The first-order chi connectivity index (χ1) is 7.84. The molecule has 1 N–H and O–H groups in total. The van der Waals surface area contributed by atoms with Crippen molar-refractivity contribution in [1.82, 2.24) is 5.32 Å². The Hall–Kier alpha value is -1.22. The fraction of sp³-hybridized carbons (Fsp3) is 0.538. The Balaban J connectivity index is 1.84. The van der Waals surface area contributed by atoms with Crippen molar-refractivity contribution >= 4 is 0 Å². The van der Waals surface area contributed by atoms with Gasteiger partial charge < -0.3 is 14.8 Å². The minimum absolute atomic E-state index is 0.362. The summed E-state index contributed by atoms with van der Waals surface area (Å²) in [6.45, 7) is 3.65. The average molecular weight is 219 g/mol. The summed E-state index contributed by atoms with van der Waals surface area (Å²) in [6, 6.07) is 4.83. The molecule has 1 fully saturated rings. The minimum atomic E-state index is 0.362. The fourth-order valence-electron chi connectivity index (χ4n) is 2.57. The normalized spacial score (nSPS) is 22.7. The molecule has 1 saturated heterocycles. The molecule has 1 unspecified atom stereocenters. The van der Waals surface area contributed by atoms with E-state index < -0.39 is 0 Å². The van der Waals surface area contributed by atoms with Crippen molar-refractivity contribution in [3.05, 3.63) is 23.3 Å². The van der Waals surface area contributed by atoms with Crippen LogP contribution in [0.5, 0.6) is 11.5 Å². The first-order valence-corrected chi connectivity index (χ1v) is 5.96. The van der Waals surface area contributed by atoms with Crippen LogP contribution in [-0.4, -0.2) is 19.4 Å². The molecule has 16 heavy (non-hydrogen) atoms. The molecule has 0 spiro atoms. The predicted molar refractivity (Wildman–Crippen MR) is 62.0 cm³/mol. The van der Waals surface area contributed by atoms with Crippen molar-refractivity contribution in [2.24, 2.45) is 0 Å². The molecule has 2 heterocycles. The van der Waals surface area contributed by atoms with Crippen molar-refractivity contribution in [3.8, 4) is 11.5 Å². The smallest absolute Gasteiger partial charge is 0.231 e. The molecule has 1 aromatic carbocycles. The Morgan fingerprint density at radius 2 is 2.31 bits per heavy atom. The highest BCUT2D eigenvalue weighted by Crippen LogP contribution is 2.37. The van der Waals surface area contributed by atoms with Crippen molar-refractivity contribution in [2.45, 2.75) is 32.2 Å². The SMILES string of the molecule is Cc1c(CC2CCCN2)ccc2c1OCO2. The highest BCUT2D eigenvalue weighted by molar-refractivity contribution is 5.51. The molecule has 2 aliphatic rings. The molecular weight excluding hydrogens is 202 g/mol. The van der Waals surface area contributed by atoms with Gasteiger partial charge in [0, 0.05) is 6.04 Å². The topological polar surface area (TPSA) is 30.5 Å². The van der Waals surface area contributed by atoms with Crippen LogP contribution >= 0.6 is 0 Å². The van der Waals surface area contributed by atoms with Gasteiger partial charge in [-0.2, -0.15) is 0 Å². The number of fused-ring (bicyclic) bond motifs is 1. The van der Waals surface area contributed by atoms with Gasteiger partial charge in [0.15, 0.2) is 11.5 Å². The van der Waals surface area contributed by atoms with E-state index in [1.165, 1.54) is 24.0 Å². The molecule has 0 saturated carbocycles. The van der Waals surface area contributed by atoms with E-state index >= 15 is 0 Å². The van der Waals surface area contributed by atoms with E-state index in [2.05, 4.69) is 18.3 Å². The van der Waals surface area contributed by atoms with Gasteiger partial charge >= 0.3 is 0 Å². The standard InChI is InChI=1S/C13H17NO2/c1-9-10(7-11-3-2-6-14-11)4-5-12-13(9)16-8-15-12/h4-5,11,14H,2-3,6-8H2,1H3. The first kappa shape index (κ1) is 9.97. The molecular formula is C13H17NO2. The molecule has 0 bridgehead atoms. The second kappa shape index (κ2) is 3.98. The van der Waals surface area contributed by atoms with E-state index in [0.29, 0.717) is 12.8 Å². The number of benzene rings is 1. The van der Waals surface area contributed by atoms with E-state index in [0.717, 1.165) is 24.5 Å². The van der Waals surface area contributed by atoms with Crippen molar-refractivity contribution in [2.75, 3.05) is 13.3 Å². The molecule has 3 nitrogen and oxygen atoms in total. The number of hydrogen-bond donors (Lipinski definition) is 1. The Morgan fingerprint density at radius 3 is 3.12 bits per heavy atom. The van der Waals surface area contributed by atoms with E-state index in [1.807, 2.05) is 6.07 Å². The van der Waals surface area contributed by atoms with E-state index in [9.17, 15) is 0 Å². The van der Waals surface area contributed by atoms with Crippen molar-refractivity contribution in [3.63, 3.8) is 0 Å². The number of hydrogen-bond acceptors (Lipinski definition) is 3. The summed E-state index contributed by atoms with van der Waals surface area (Å²) < 4.78 is 10.9. The van der Waals surface area contributed by atoms with Crippen LogP contribution in [-0.2, 0) is 6.42 Å². The minimum Gasteiger partial charge on any atom is -0.454 e. The largest absolute Gasteiger partial charge is 0.454 e. The molecule has 86 valence electrons. The van der Waals surface area contributed by atoms with Gasteiger partial charge in [-0.15, -0.1) is 0 Å². The molecule has 1 atom stereocenters. The Bertz CT molecular complexity index is 397. The zero-order chi connectivity index (χ0) is 11.0. The van der Waals surface area contributed by atoms with Gasteiger partial charge in [-0.05, 0) is 49.9 Å². The van der Waals surface area contributed by atoms with Crippen molar-refractivity contribution in [1.29, 1.82) is 0 Å². The van der Waals surface area contributed by atoms with Gasteiger partial charge in [0.1, 0.15) is 0 Å². The highest BCUT2D eigenvalue weighted by Gasteiger charge is 2.21. The lowest BCUT2D eigenvalue weighted by molar-refractivity contribution is 0.173. The molecule has 3 heteroatoms. The summed E-state index contributed by atoms with van der Waals surface area (Å²) in [5.41, 5.74) is 2.62. The lowest BCUT2D eigenvalue weighted by Gasteiger charge is -2.13. The van der Waals surface area contributed by atoms with Gasteiger partial charge in [0.2, 0.25) is 6.79 Å². The number of ether oxygens (including phenoxy) is 2. The maximum absolute atomic E-state index is 5.49. The molecule has 0 aromatic heterocycles. The monoisotopic (exact) mass is 219 g/mol. The summed E-state index contributed by atoms with van der Waals surface area (Å²) in [7, 11) is 0. The maximum atomic E-state index is 5.49. The van der Waals surface area contributed by atoms with Crippen LogP contribution in [0.2, 0.25) is 0 Å². The van der Waals surface area contributed by atoms with Crippen LogP contribution in [0.3, 0.4) is 0 Å². The molecule has 3 rings (SSSR count). The van der Waals surface area contributed by atoms with Gasteiger partial charge in [-0.3, -0.25) is 0 Å². The molecule has 1 aromatic rings. The lowest BCUT2D eigenvalue weighted by Crippen LogP contribution is -2.23. The highest BCUT2D eigenvalue weighted by atomic mass is 16.7. The first-order valence-electron chi connectivity index (χ1n) is 5.96. The molecule has 0 amide bonds. The zero-order valence-corrected chi connectivity index (χ0v) is 9.58. The number of nitrogens with one attached hydrogen (secondary N) is 1. The van der Waals surface area contributed by atoms with Crippen LogP contribution in [0.1, 0.15) is 24.0 Å². The fourth-order valence-corrected chi connectivity index (χ4v) is 2.57. The van der Waals surface area contributed by atoms with Gasteiger partial charge in [-0.25, -0.2) is 0 Å². The average Bonchev–Trinajstić information content (AvgIpc) is 2.93. The van der Waals surface area contributed by atoms with Gasteiger partial charge in [-0.1, -0.05) is 6.07 Å². The summed E-state index contributed by atoms with van der Waals surface area (Å²) in [5.74, 6) is 1.83. The second-order valence-electron chi connectivity index (χ2n) is 4.58. The summed E-state index contributed by atoms with van der Waals surface area (Å²) in [6.07, 6.45) is 3.69. The summed E-state index contributed by atoms with van der Waals surface area (Å²) in [4.78, 5) is 0. The Morgan fingerprint density at radius 1 is 1.38 bits per heavy atom. The quantitative estimate of drug-likeness (QED) is 0.825. The molecule has 0 aliphatic carbocycles. The predicted octanol–water partition coefficient (Wildman–Crippen LogP) is 2.02. The molecule has 2 aliphatic heterocycles. The van der Waals surface area contributed by atoms with Crippen LogP contribution in [0, 0.1) is 6.92 Å². The van der Waals surface area contributed by atoms with E-state index in [-0.39, 0.29) is 0 Å².